The summed E-state index contributed by atoms with van der Waals surface area (Å²) >= 11 is 5.41. The fourth-order valence-electron chi connectivity index (χ4n) is 5.75. The number of nitrogens with zero attached hydrogens (tertiary/aromatic N) is 2. The number of fused-ring (bicyclic) bond motifs is 1. The maximum atomic E-state index is 13.8. The van der Waals surface area contributed by atoms with E-state index in [0.717, 1.165) is 24.3 Å². The lowest BCUT2D eigenvalue weighted by molar-refractivity contribution is -0.150. The van der Waals surface area contributed by atoms with Crippen LogP contribution < -0.4 is 16.1 Å². The number of carbonyl (C=O) groups is 5. The zero-order chi connectivity index (χ0) is 27.3. The monoisotopic (exact) mass is 543 g/mol. The number of alkyl halides is 2. The molecule has 208 valence electrons. The first kappa shape index (κ1) is 29.1. The third-order valence-corrected chi connectivity index (χ3v) is 8.17. The van der Waals surface area contributed by atoms with Gasteiger partial charge in [-0.25, -0.2) is 9.40 Å². The van der Waals surface area contributed by atoms with Gasteiger partial charge >= 0.3 is 0 Å². The first-order valence-corrected chi connectivity index (χ1v) is 13.8. The summed E-state index contributed by atoms with van der Waals surface area (Å²) in [6.07, 6.45) is 4.55. The van der Waals surface area contributed by atoms with Crippen LogP contribution in [-0.2, 0) is 24.0 Å². The Morgan fingerprint density at radius 3 is 2.54 bits per heavy atom. The minimum atomic E-state index is -2.39. The Kier molecular flexibility index (Phi) is 10.1. The van der Waals surface area contributed by atoms with Gasteiger partial charge in [0.25, 0.3) is 17.4 Å². The molecule has 5 amide bonds. The van der Waals surface area contributed by atoms with Crippen LogP contribution in [0.4, 0.5) is 4.39 Å². The van der Waals surface area contributed by atoms with E-state index in [9.17, 15) is 28.4 Å². The van der Waals surface area contributed by atoms with Gasteiger partial charge in [-0.3, -0.25) is 29.4 Å². The lowest BCUT2D eigenvalue weighted by Crippen LogP contribution is -2.60. The molecule has 0 aromatic carbocycles. The van der Waals surface area contributed by atoms with E-state index in [2.05, 4.69) is 16.1 Å². The number of nitrogens with one attached hydrogen (secondary N) is 3. The van der Waals surface area contributed by atoms with E-state index in [0.29, 0.717) is 38.8 Å². The molecule has 2 saturated heterocycles. The molecule has 0 bridgehead atoms. The highest BCUT2D eigenvalue weighted by Gasteiger charge is 2.51. The van der Waals surface area contributed by atoms with Crippen LogP contribution >= 0.6 is 11.6 Å². The maximum absolute atomic E-state index is 13.8. The third kappa shape index (κ3) is 6.72. The van der Waals surface area contributed by atoms with E-state index < -0.39 is 35.4 Å². The van der Waals surface area contributed by atoms with Crippen LogP contribution in [0.5, 0.6) is 0 Å². The fourth-order valence-corrected chi connectivity index (χ4v) is 5.87. The quantitative estimate of drug-likeness (QED) is 0.284. The summed E-state index contributed by atoms with van der Waals surface area (Å²) < 4.78 is 13.8. The van der Waals surface area contributed by atoms with E-state index in [1.54, 1.807) is 0 Å². The van der Waals surface area contributed by atoms with E-state index in [-0.39, 0.29) is 42.0 Å². The Hall–Kier alpha value is -2.43. The van der Waals surface area contributed by atoms with Gasteiger partial charge in [-0.15, -0.1) is 0 Å². The number of hydrazine groups is 1. The van der Waals surface area contributed by atoms with E-state index in [1.165, 1.54) is 4.90 Å². The standard InChI is InChI=1S/C25H39ClFN5O5/c1-4-7-18(33)29-19(14(3)5-2)24(36)31-12-15-8-6-9-17(15)20(31)23(35)30-32(25(37)21(26)27)13-16-10-11-28-22(16)34/h14-17,19-21H,4-13H2,1-3H3,(H,28,34)(H,29,33)(H,30,35)/t14-,15-,16-,17-,19-,20-,21-/m0/s1. The molecular weight excluding hydrogens is 505 g/mol. The van der Waals surface area contributed by atoms with Gasteiger partial charge in [0.1, 0.15) is 12.1 Å². The van der Waals surface area contributed by atoms with Crippen molar-refractivity contribution in [1.82, 2.24) is 26.0 Å². The van der Waals surface area contributed by atoms with Gasteiger partial charge in [0.2, 0.25) is 17.7 Å². The van der Waals surface area contributed by atoms with Crippen LogP contribution in [0.15, 0.2) is 0 Å². The van der Waals surface area contributed by atoms with Crippen molar-refractivity contribution in [3.8, 4) is 0 Å². The molecule has 7 atom stereocenters. The fraction of sp³-hybridized carbons (Fsp3) is 0.800. The molecule has 3 fully saturated rings. The second-order valence-electron chi connectivity index (χ2n) is 10.5. The molecule has 3 rings (SSSR count). The van der Waals surface area contributed by atoms with Gasteiger partial charge in [0.15, 0.2) is 0 Å². The lowest BCUT2D eigenvalue weighted by Gasteiger charge is -2.34. The molecule has 10 nitrogen and oxygen atoms in total. The Morgan fingerprint density at radius 2 is 1.95 bits per heavy atom. The molecule has 1 saturated carbocycles. The Bertz CT molecular complexity index is 890. The van der Waals surface area contributed by atoms with Crippen molar-refractivity contribution in [2.24, 2.45) is 23.7 Å². The summed E-state index contributed by atoms with van der Waals surface area (Å²) in [5.41, 5.74) is 0.0928. The average molecular weight is 544 g/mol. The minimum Gasteiger partial charge on any atom is -0.356 e. The van der Waals surface area contributed by atoms with Gasteiger partial charge in [0.05, 0.1) is 12.5 Å². The SMILES string of the molecule is CCCC(=O)N[C@H](C(=O)N1C[C@@H]2CCC[C@@H]2[C@H]1C(=O)NN(C[C@@H]1CCNC1=O)C(=O)[C@H](F)Cl)[C@@H](C)CC. The van der Waals surface area contributed by atoms with Crippen molar-refractivity contribution in [2.45, 2.75) is 83.4 Å². The molecule has 3 N–H and O–H groups in total. The summed E-state index contributed by atoms with van der Waals surface area (Å²) in [6, 6.07) is -1.66. The first-order chi connectivity index (χ1) is 17.6. The molecule has 1 aliphatic carbocycles. The molecule has 3 aliphatic rings. The van der Waals surface area contributed by atoms with Gasteiger partial charge in [-0.05, 0) is 43.4 Å². The van der Waals surface area contributed by atoms with Crippen molar-refractivity contribution in [3.63, 3.8) is 0 Å². The van der Waals surface area contributed by atoms with Crippen molar-refractivity contribution < 1.29 is 28.4 Å². The van der Waals surface area contributed by atoms with Crippen molar-refractivity contribution in [2.75, 3.05) is 19.6 Å². The maximum Gasteiger partial charge on any atom is 0.291 e. The molecule has 2 aliphatic heterocycles. The number of hydrogen-bond donors (Lipinski definition) is 3. The highest BCUT2D eigenvalue weighted by Crippen LogP contribution is 2.42. The van der Waals surface area contributed by atoms with Gasteiger partial charge < -0.3 is 15.5 Å². The molecule has 0 aromatic heterocycles. The third-order valence-electron chi connectivity index (χ3n) is 7.98. The number of carbonyl (C=O) groups excluding carboxylic acids is 5. The van der Waals surface area contributed by atoms with Crippen LogP contribution in [0.3, 0.4) is 0 Å². The molecule has 37 heavy (non-hydrogen) atoms. The summed E-state index contributed by atoms with van der Waals surface area (Å²) in [5.74, 6) is -3.38. The van der Waals surface area contributed by atoms with Gasteiger partial charge in [0, 0.05) is 19.5 Å². The Balaban J connectivity index is 1.83. The summed E-state index contributed by atoms with van der Waals surface area (Å²) in [5, 5.41) is 6.29. The Labute approximate surface area is 222 Å². The van der Waals surface area contributed by atoms with Crippen LogP contribution in [0.25, 0.3) is 0 Å². The Morgan fingerprint density at radius 1 is 1.22 bits per heavy atom. The van der Waals surface area contributed by atoms with Gasteiger partial charge in [-0.1, -0.05) is 45.2 Å². The van der Waals surface area contributed by atoms with Crippen molar-refractivity contribution in [3.05, 3.63) is 0 Å². The van der Waals surface area contributed by atoms with Crippen molar-refractivity contribution >= 4 is 41.1 Å². The number of likely N-dealkylation sites (tertiary alicyclic amines) is 1. The van der Waals surface area contributed by atoms with Crippen LogP contribution in [-0.4, -0.2) is 76.8 Å². The van der Waals surface area contributed by atoms with Crippen LogP contribution in [0.1, 0.15) is 65.7 Å². The summed E-state index contributed by atoms with van der Waals surface area (Å²) in [4.78, 5) is 65.9. The number of amides is 5. The van der Waals surface area contributed by atoms with E-state index in [4.69, 9.17) is 11.6 Å². The summed E-state index contributed by atoms with van der Waals surface area (Å²) in [6.45, 7) is 6.28. The van der Waals surface area contributed by atoms with Crippen LogP contribution in [0, 0.1) is 23.7 Å². The highest BCUT2D eigenvalue weighted by molar-refractivity contribution is 6.29. The number of rotatable bonds is 10. The van der Waals surface area contributed by atoms with Gasteiger partial charge in [-0.2, -0.15) is 0 Å². The predicted molar refractivity (Wildman–Crippen MR) is 134 cm³/mol. The minimum absolute atomic E-state index is 0.114. The second kappa shape index (κ2) is 12.9. The highest BCUT2D eigenvalue weighted by atomic mass is 35.5. The zero-order valence-corrected chi connectivity index (χ0v) is 22.6. The predicted octanol–water partition coefficient (Wildman–Crippen LogP) is 1.47. The molecule has 0 unspecified atom stereocenters. The average Bonchev–Trinajstić information content (AvgIpc) is 3.57. The zero-order valence-electron chi connectivity index (χ0n) is 21.8. The molecule has 2 heterocycles. The van der Waals surface area contributed by atoms with Crippen molar-refractivity contribution in [1.29, 1.82) is 0 Å². The molecular formula is C25H39ClFN5O5. The first-order valence-electron chi connectivity index (χ1n) is 13.4. The van der Waals surface area contributed by atoms with E-state index >= 15 is 0 Å². The number of hydrogen-bond acceptors (Lipinski definition) is 5. The molecule has 12 heteroatoms. The summed E-state index contributed by atoms with van der Waals surface area (Å²) in [7, 11) is 0. The molecule has 0 radical (unpaired) electrons. The second-order valence-corrected chi connectivity index (χ2v) is 10.9. The normalized spacial score (nSPS) is 27.2. The number of halogens is 2. The topological polar surface area (TPSA) is 128 Å². The largest absolute Gasteiger partial charge is 0.356 e. The van der Waals surface area contributed by atoms with E-state index in [1.807, 2.05) is 20.8 Å². The molecule has 0 spiro atoms. The van der Waals surface area contributed by atoms with Crippen LogP contribution in [0.2, 0.25) is 0 Å². The smallest absolute Gasteiger partial charge is 0.291 e. The molecule has 0 aromatic rings. The lowest BCUT2D eigenvalue weighted by atomic mass is 9.93.